The second-order valence-corrected chi connectivity index (χ2v) is 3.47. The highest BCUT2D eigenvalue weighted by molar-refractivity contribution is 5.83. The predicted molar refractivity (Wildman–Crippen MR) is 63.6 cm³/mol. The summed E-state index contributed by atoms with van der Waals surface area (Å²) >= 11 is 0. The van der Waals surface area contributed by atoms with E-state index in [9.17, 15) is 10.1 Å². The fourth-order valence-electron chi connectivity index (χ4n) is 1.86. The molecule has 1 heterocycles. The molecule has 4 heteroatoms. The van der Waals surface area contributed by atoms with Crippen molar-refractivity contribution in [3.8, 4) is 0 Å². The van der Waals surface area contributed by atoms with Crippen LogP contribution >= 0.6 is 0 Å². The third kappa shape index (κ3) is 1.82. The molecule has 0 radical (unpaired) electrons. The zero-order valence-electron chi connectivity index (χ0n) is 8.96. The van der Waals surface area contributed by atoms with Crippen molar-refractivity contribution in [3.63, 3.8) is 0 Å². The van der Waals surface area contributed by atoms with E-state index in [1.807, 2.05) is 37.3 Å². The Labute approximate surface area is 93.0 Å². The fourth-order valence-corrected chi connectivity index (χ4v) is 1.86. The van der Waals surface area contributed by atoms with Crippen LogP contribution in [-0.4, -0.2) is 9.49 Å². The van der Waals surface area contributed by atoms with Crippen LogP contribution in [0.3, 0.4) is 0 Å². The van der Waals surface area contributed by atoms with Crippen LogP contribution in [-0.2, 0) is 6.54 Å². The van der Waals surface area contributed by atoms with Gasteiger partial charge in [0, 0.05) is 29.2 Å². The number of benzene rings is 1. The van der Waals surface area contributed by atoms with Gasteiger partial charge in [0.15, 0.2) is 0 Å². The minimum Gasteiger partial charge on any atom is -0.341 e. The van der Waals surface area contributed by atoms with Crippen LogP contribution in [0.2, 0.25) is 0 Å². The number of hydrogen-bond donors (Lipinski definition) is 0. The van der Waals surface area contributed by atoms with E-state index < -0.39 is 4.92 Å². The summed E-state index contributed by atoms with van der Waals surface area (Å²) in [6.45, 7) is 2.82. The molecule has 2 rings (SSSR count). The van der Waals surface area contributed by atoms with E-state index in [0.717, 1.165) is 29.3 Å². The van der Waals surface area contributed by atoms with Crippen molar-refractivity contribution >= 4 is 17.0 Å². The summed E-state index contributed by atoms with van der Waals surface area (Å²) < 4.78 is 2.05. The van der Waals surface area contributed by atoms with Gasteiger partial charge < -0.3 is 4.57 Å². The summed E-state index contributed by atoms with van der Waals surface area (Å²) in [6, 6.07) is 9.91. The predicted octanol–water partition coefficient (Wildman–Crippen LogP) is 2.91. The number of hydrogen-bond acceptors (Lipinski definition) is 2. The maximum absolute atomic E-state index is 10.3. The average Bonchev–Trinajstić information content (AvgIpc) is 2.63. The zero-order valence-corrected chi connectivity index (χ0v) is 8.96. The van der Waals surface area contributed by atoms with E-state index >= 15 is 0 Å². The van der Waals surface area contributed by atoms with E-state index in [1.54, 1.807) is 0 Å². The van der Waals surface area contributed by atoms with Gasteiger partial charge in [0.1, 0.15) is 0 Å². The smallest absolute Gasteiger partial charge is 0.236 e. The van der Waals surface area contributed by atoms with E-state index in [1.165, 1.54) is 6.08 Å². The van der Waals surface area contributed by atoms with Crippen LogP contribution in [0.15, 0.2) is 36.5 Å². The first-order valence-electron chi connectivity index (χ1n) is 5.12. The molecule has 1 aromatic carbocycles. The largest absolute Gasteiger partial charge is 0.341 e. The molecule has 16 heavy (non-hydrogen) atoms. The normalized spacial score (nSPS) is 11.3. The third-order valence-electron chi connectivity index (χ3n) is 2.53. The molecule has 0 aliphatic rings. The molecule has 0 saturated heterocycles. The molecule has 4 nitrogen and oxygen atoms in total. The zero-order chi connectivity index (χ0) is 11.5. The number of aromatic nitrogens is 1. The number of fused-ring (bicyclic) bond motifs is 1. The SMILES string of the molecule is CCn1c(/C=C/[N+](=O)[O-])cc2ccccc21. The van der Waals surface area contributed by atoms with Gasteiger partial charge in [0.25, 0.3) is 0 Å². The molecule has 0 aliphatic carbocycles. The Hall–Kier alpha value is -2.10. The second kappa shape index (κ2) is 4.18. The lowest BCUT2D eigenvalue weighted by Crippen LogP contribution is -1.96. The molecule has 0 atom stereocenters. The maximum Gasteiger partial charge on any atom is 0.236 e. The van der Waals surface area contributed by atoms with E-state index in [0.29, 0.717) is 0 Å². The van der Waals surface area contributed by atoms with Gasteiger partial charge in [-0.3, -0.25) is 10.1 Å². The fraction of sp³-hybridized carbons (Fsp3) is 0.167. The monoisotopic (exact) mass is 216 g/mol. The Morgan fingerprint density at radius 1 is 1.44 bits per heavy atom. The number of nitro groups is 1. The molecule has 1 aromatic heterocycles. The molecule has 0 amide bonds. The van der Waals surface area contributed by atoms with Gasteiger partial charge in [-0.1, -0.05) is 18.2 Å². The summed E-state index contributed by atoms with van der Waals surface area (Å²) in [5.74, 6) is 0. The van der Waals surface area contributed by atoms with Gasteiger partial charge in [-0.25, -0.2) is 0 Å². The van der Waals surface area contributed by atoms with Gasteiger partial charge >= 0.3 is 0 Å². The summed E-state index contributed by atoms with van der Waals surface area (Å²) in [5, 5.41) is 11.4. The molecule has 0 N–H and O–H groups in total. The van der Waals surface area contributed by atoms with Crippen LogP contribution in [0.25, 0.3) is 17.0 Å². The topological polar surface area (TPSA) is 48.1 Å². The number of para-hydroxylation sites is 1. The lowest BCUT2D eigenvalue weighted by molar-refractivity contribution is -0.401. The Bertz CT molecular complexity index is 555. The van der Waals surface area contributed by atoms with Crippen molar-refractivity contribution in [1.82, 2.24) is 4.57 Å². The Balaban J connectivity index is 2.56. The molecular formula is C12H12N2O2. The summed E-state index contributed by atoms with van der Waals surface area (Å²) in [7, 11) is 0. The van der Waals surface area contributed by atoms with Crippen LogP contribution in [0.5, 0.6) is 0 Å². The highest BCUT2D eigenvalue weighted by Crippen LogP contribution is 2.20. The molecule has 0 aliphatic heterocycles. The first kappa shape index (κ1) is 10.4. The number of rotatable bonds is 3. The number of aryl methyl sites for hydroxylation is 1. The quantitative estimate of drug-likeness (QED) is 0.585. The van der Waals surface area contributed by atoms with Crippen molar-refractivity contribution < 1.29 is 4.92 Å². The molecule has 0 saturated carbocycles. The van der Waals surface area contributed by atoms with Gasteiger partial charge in [-0.05, 0) is 19.1 Å². The molecule has 0 bridgehead atoms. The Morgan fingerprint density at radius 2 is 2.19 bits per heavy atom. The lowest BCUT2D eigenvalue weighted by Gasteiger charge is -2.02. The standard InChI is InChI=1S/C12H12N2O2/c1-2-13-11(7-8-14(15)16)9-10-5-3-4-6-12(10)13/h3-9H,2H2,1H3/b8-7+. The van der Waals surface area contributed by atoms with E-state index in [4.69, 9.17) is 0 Å². The molecule has 2 aromatic rings. The Morgan fingerprint density at radius 3 is 2.88 bits per heavy atom. The molecule has 0 fully saturated rings. The van der Waals surface area contributed by atoms with Crippen molar-refractivity contribution in [3.05, 3.63) is 52.3 Å². The van der Waals surface area contributed by atoms with Gasteiger partial charge in [-0.15, -0.1) is 0 Å². The molecule has 82 valence electrons. The summed E-state index contributed by atoms with van der Waals surface area (Å²) in [6.07, 6.45) is 2.50. The van der Waals surface area contributed by atoms with Crippen molar-refractivity contribution in [2.75, 3.05) is 0 Å². The van der Waals surface area contributed by atoms with Crippen molar-refractivity contribution in [2.45, 2.75) is 13.5 Å². The summed E-state index contributed by atoms with van der Waals surface area (Å²) in [5.41, 5.74) is 1.97. The second-order valence-electron chi connectivity index (χ2n) is 3.47. The van der Waals surface area contributed by atoms with Gasteiger partial charge in [-0.2, -0.15) is 0 Å². The summed E-state index contributed by atoms with van der Waals surface area (Å²) in [4.78, 5) is 9.85. The Kier molecular flexibility index (Phi) is 2.72. The minimum atomic E-state index is -0.447. The van der Waals surface area contributed by atoms with Crippen LogP contribution < -0.4 is 0 Å². The van der Waals surface area contributed by atoms with Gasteiger partial charge in [0.2, 0.25) is 6.20 Å². The maximum atomic E-state index is 10.3. The lowest BCUT2D eigenvalue weighted by atomic mass is 10.2. The van der Waals surface area contributed by atoms with E-state index in [2.05, 4.69) is 4.57 Å². The van der Waals surface area contributed by atoms with Crippen LogP contribution in [0.1, 0.15) is 12.6 Å². The van der Waals surface area contributed by atoms with E-state index in [-0.39, 0.29) is 0 Å². The van der Waals surface area contributed by atoms with Gasteiger partial charge in [0.05, 0.1) is 4.92 Å². The van der Waals surface area contributed by atoms with Crippen LogP contribution in [0, 0.1) is 10.1 Å². The first-order chi connectivity index (χ1) is 7.72. The highest BCUT2D eigenvalue weighted by Gasteiger charge is 2.04. The first-order valence-corrected chi connectivity index (χ1v) is 5.12. The third-order valence-corrected chi connectivity index (χ3v) is 2.53. The van der Waals surface area contributed by atoms with Crippen LogP contribution in [0.4, 0.5) is 0 Å². The van der Waals surface area contributed by atoms with Crippen molar-refractivity contribution in [1.29, 1.82) is 0 Å². The molecule has 0 spiro atoms. The highest BCUT2D eigenvalue weighted by atomic mass is 16.6. The molecular weight excluding hydrogens is 204 g/mol. The average molecular weight is 216 g/mol. The molecule has 0 unspecified atom stereocenters. The minimum absolute atomic E-state index is 0.447. The number of nitrogens with zero attached hydrogens (tertiary/aromatic N) is 2. The van der Waals surface area contributed by atoms with Crippen molar-refractivity contribution in [2.24, 2.45) is 0 Å².